The third kappa shape index (κ3) is 3.78. The van der Waals surface area contributed by atoms with Crippen LogP contribution in [0.1, 0.15) is 32.8 Å². The SMILES string of the molecule is CCC(C)N(CC)S(=O)(=O)c1ccc(CCO)cc1. The van der Waals surface area contributed by atoms with Crippen molar-refractivity contribution in [3.63, 3.8) is 0 Å². The Morgan fingerprint density at radius 2 is 1.79 bits per heavy atom. The van der Waals surface area contributed by atoms with Gasteiger partial charge in [-0.15, -0.1) is 0 Å². The van der Waals surface area contributed by atoms with Gasteiger partial charge in [-0.05, 0) is 37.5 Å². The van der Waals surface area contributed by atoms with Gasteiger partial charge in [0.05, 0.1) is 4.90 Å². The van der Waals surface area contributed by atoms with E-state index in [9.17, 15) is 8.42 Å². The third-order valence-electron chi connectivity index (χ3n) is 3.32. The quantitative estimate of drug-likeness (QED) is 0.834. The van der Waals surface area contributed by atoms with Crippen molar-refractivity contribution in [3.05, 3.63) is 29.8 Å². The van der Waals surface area contributed by atoms with Crippen LogP contribution in [0, 0.1) is 0 Å². The van der Waals surface area contributed by atoms with E-state index in [0.717, 1.165) is 12.0 Å². The average molecular weight is 285 g/mol. The molecule has 1 aromatic carbocycles. The Bertz CT molecular complexity index is 482. The van der Waals surface area contributed by atoms with Crippen LogP contribution in [0.5, 0.6) is 0 Å². The summed E-state index contributed by atoms with van der Waals surface area (Å²) < 4.78 is 26.5. The minimum Gasteiger partial charge on any atom is -0.396 e. The fraction of sp³-hybridized carbons (Fsp3) is 0.571. The predicted molar refractivity (Wildman–Crippen MR) is 76.6 cm³/mol. The highest BCUT2D eigenvalue weighted by Crippen LogP contribution is 2.20. The van der Waals surface area contributed by atoms with E-state index in [0.29, 0.717) is 17.9 Å². The highest BCUT2D eigenvalue weighted by molar-refractivity contribution is 7.89. The number of rotatable bonds is 7. The van der Waals surface area contributed by atoms with Gasteiger partial charge < -0.3 is 5.11 Å². The summed E-state index contributed by atoms with van der Waals surface area (Å²) in [5, 5.41) is 8.85. The van der Waals surface area contributed by atoms with Crippen molar-refractivity contribution >= 4 is 10.0 Å². The first kappa shape index (κ1) is 16.1. The molecule has 0 fully saturated rings. The summed E-state index contributed by atoms with van der Waals surface area (Å²) in [5.41, 5.74) is 0.938. The number of hydrogen-bond donors (Lipinski definition) is 1. The normalized spacial score (nSPS) is 13.7. The fourth-order valence-corrected chi connectivity index (χ4v) is 3.73. The molecule has 1 unspecified atom stereocenters. The molecule has 0 aromatic heterocycles. The molecule has 0 amide bonds. The topological polar surface area (TPSA) is 57.6 Å². The molecule has 0 bridgehead atoms. The number of sulfonamides is 1. The fourth-order valence-electron chi connectivity index (χ4n) is 2.01. The Morgan fingerprint density at radius 3 is 2.21 bits per heavy atom. The molecular formula is C14H23NO3S. The molecular weight excluding hydrogens is 262 g/mol. The van der Waals surface area contributed by atoms with E-state index in [-0.39, 0.29) is 12.6 Å². The Labute approximate surface area is 116 Å². The summed E-state index contributed by atoms with van der Waals surface area (Å²) in [7, 11) is -3.42. The molecule has 108 valence electrons. The molecule has 0 spiro atoms. The molecule has 0 aliphatic carbocycles. The van der Waals surface area contributed by atoms with Crippen LogP contribution in [-0.4, -0.2) is 37.0 Å². The summed E-state index contributed by atoms with van der Waals surface area (Å²) in [6.07, 6.45) is 1.33. The standard InChI is InChI=1S/C14H23NO3S/c1-4-12(3)15(5-2)19(17,18)14-8-6-13(7-9-14)10-11-16/h6-9,12,16H,4-5,10-11H2,1-3H3. The lowest BCUT2D eigenvalue weighted by Crippen LogP contribution is -2.38. The summed E-state index contributed by atoms with van der Waals surface area (Å²) in [4.78, 5) is 0.316. The zero-order valence-corrected chi connectivity index (χ0v) is 12.7. The maximum absolute atomic E-state index is 12.5. The molecule has 1 aromatic rings. The summed E-state index contributed by atoms with van der Waals surface area (Å²) in [5.74, 6) is 0. The highest BCUT2D eigenvalue weighted by Gasteiger charge is 2.26. The second-order valence-electron chi connectivity index (χ2n) is 4.58. The summed E-state index contributed by atoms with van der Waals surface area (Å²) >= 11 is 0. The Balaban J connectivity index is 3.04. The molecule has 0 aliphatic heterocycles. The molecule has 5 heteroatoms. The first-order valence-corrected chi connectivity index (χ1v) is 8.13. The van der Waals surface area contributed by atoms with E-state index in [2.05, 4.69) is 0 Å². The third-order valence-corrected chi connectivity index (χ3v) is 5.43. The first-order chi connectivity index (χ1) is 8.97. The highest BCUT2D eigenvalue weighted by atomic mass is 32.2. The van der Waals surface area contributed by atoms with E-state index < -0.39 is 10.0 Å². The number of nitrogens with zero attached hydrogens (tertiary/aromatic N) is 1. The van der Waals surface area contributed by atoms with Gasteiger partial charge >= 0.3 is 0 Å². The molecule has 1 rings (SSSR count). The Morgan fingerprint density at radius 1 is 1.21 bits per heavy atom. The van der Waals surface area contributed by atoms with Gasteiger partial charge in [-0.3, -0.25) is 0 Å². The second kappa shape index (κ2) is 7.03. The molecule has 1 N–H and O–H groups in total. The molecule has 19 heavy (non-hydrogen) atoms. The van der Waals surface area contributed by atoms with Crippen molar-refractivity contribution in [2.45, 2.75) is 44.6 Å². The zero-order valence-electron chi connectivity index (χ0n) is 11.8. The van der Waals surface area contributed by atoms with Crippen molar-refractivity contribution in [1.29, 1.82) is 0 Å². The van der Waals surface area contributed by atoms with Crippen molar-refractivity contribution in [3.8, 4) is 0 Å². The number of hydrogen-bond acceptors (Lipinski definition) is 3. The van der Waals surface area contributed by atoms with Gasteiger partial charge in [0.15, 0.2) is 0 Å². The smallest absolute Gasteiger partial charge is 0.243 e. The molecule has 0 saturated heterocycles. The van der Waals surface area contributed by atoms with E-state index in [1.807, 2.05) is 20.8 Å². The molecule has 0 saturated carbocycles. The van der Waals surface area contributed by atoms with Crippen LogP contribution in [-0.2, 0) is 16.4 Å². The average Bonchev–Trinajstić information content (AvgIpc) is 2.40. The van der Waals surface area contributed by atoms with Gasteiger partial charge in [-0.1, -0.05) is 26.0 Å². The lowest BCUT2D eigenvalue weighted by Gasteiger charge is -2.26. The van der Waals surface area contributed by atoms with Gasteiger partial charge in [0.1, 0.15) is 0 Å². The van der Waals surface area contributed by atoms with Crippen LogP contribution < -0.4 is 0 Å². The molecule has 0 aliphatic rings. The van der Waals surface area contributed by atoms with Crippen LogP contribution in [0.2, 0.25) is 0 Å². The molecule has 1 atom stereocenters. The minimum absolute atomic E-state index is 0.00730. The van der Waals surface area contributed by atoms with Crippen LogP contribution in [0.15, 0.2) is 29.2 Å². The lowest BCUT2D eigenvalue weighted by molar-refractivity contribution is 0.299. The van der Waals surface area contributed by atoms with Crippen LogP contribution >= 0.6 is 0 Å². The van der Waals surface area contributed by atoms with Gasteiger partial charge in [0, 0.05) is 19.2 Å². The van der Waals surface area contributed by atoms with Crippen LogP contribution in [0.3, 0.4) is 0 Å². The van der Waals surface area contributed by atoms with Crippen LogP contribution in [0.25, 0.3) is 0 Å². The van der Waals surface area contributed by atoms with Gasteiger partial charge in [-0.25, -0.2) is 8.42 Å². The minimum atomic E-state index is -3.42. The van der Waals surface area contributed by atoms with E-state index in [1.54, 1.807) is 24.3 Å². The zero-order chi connectivity index (χ0) is 14.5. The summed E-state index contributed by atoms with van der Waals surface area (Å²) in [6, 6.07) is 6.74. The Kier molecular flexibility index (Phi) is 5.97. The predicted octanol–water partition coefficient (Wildman–Crippen LogP) is 2.03. The maximum Gasteiger partial charge on any atom is 0.243 e. The monoisotopic (exact) mass is 285 g/mol. The van der Waals surface area contributed by atoms with Gasteiger partial charge in [0.25, 0.3) is 0 Å². The van der Waals surface area contributed by atoms with Crippen molar-refractivity contribution in [2.75, 3.05) is 13.2 Å². The first-order valence-electron chi connectivity index (χ1n) is 6.69. The maximum atomic E-state index is 12.5. The Hall–Kier alpha value is -0.910. The largest absolute Gasteiger partial charge is 0.396 e. The van der Waals surface area contributed by atoms with Gasteiger partial charge in [0.2, 0.25) is 10.0 Å². The van der Waals surface area contributed by atoms with Crippen LogP contribution in [0.4, 0.5) is 0 Å². The molecule has 0 heterocycles. The number of aliphatic hydroxyl groups excluding tert-OH is 1. The summed E-state index contributed by atoms with van der Waals surface area (Å²) in [6.45, 7) is 6.29. The molecule has 0 radical (unpaired) electrons. The number of aliphatic hydroxyl groups is 1. The van der Waals surface area contributed by atoms with Crippen molar-refractivity contribution < 1.29 is 13.5 Å². The van der Waals surface area contributed by atoms with Crippen molar-refractivity contribution in [1.82, 2.24) is 4.31 Å². The van der Waals surface area contributed by atoms with E-state index in [4.69, 9.17) is 5.11 Å². The van der Waals surface area contributed by atoms with E-state index in [1.165, 1.54) is 4.31 Å². The van der Waals surface area contributed by atoms with Gasteiger partial charge in [-0.2, -0.15) is 4.31 Å². The van der Waals surface area contributed by atoms with Crippen molar-refractivity contribution in [2.24, 2.45) is 0 Å². The number of benzene rings is 1. The second-order valence-corrected chi connectivity index (χ2v) is 6.47. The molecule has 4 nitrogen and oxygen atoms in total. The van der Waals surface area contributed by atoms with E-state index >= 15 is 0 Å². The lowest BCUT2D eigenvalue weighted by atomic mass is 10.2.